The molecule has 0 spiro atoms. The number of carbonyl (C=O) groups excluding carboxylic acids is 2. The number of urea groups is 1. The Hall–Kier alpha value is -3.93. The van der Waals surface area contributed by atoms with E-state index in [1.54, 1.807) is 21.1 Å². The molecule has 4 N–H and O–H groups in total. The molecule has 3 aromatic rings. The SMILES string of the molecule is COCc1nc(CN(C)C(=O)NC(C(=O)N[C@@H](Cc2ccccc2)[C@H](O)CN(CC2CCCC2)S(=O)(=O)c2ccc(/C=N/O)cc2)C(C)OC(C)(C)C)cs1. The molecule has 55 heavy (non-hydrogen) atoms. The van der Waals surface area contributed by atoms with Crippen molar-refractivity contribution >= 4 is 39.5 Å². The molecule has 2 aromatic carbocycles. The summed E-state index contributed by atoms with van der Waals surface area (Å²) in [5.41, 5.74) is 1.35. The number of benzene rings is 2. The molecule has 1 aliphatic carbocycles. The number of sulfonamides is 1. The molecule has 4 rings (SSSR count). The Bertz CT molecular complexity index is 1790. The fourth-order valence-electron chi connectivity index (χ4n) is 6.64. The molecule has 4 atom stereocenters. The third kappa shape index (κ3) is 13.4. The van der Waals surface area contributed by atoms with Crippen molar-refractivity contribution in [3.8, 4) is 0 Å². The Morgan fingerprint density at radius 1 is 1.09 bits per heavy atom. The maximum atomic E-state index is 14.3. The van der Waals surface area contributed by atoms with Crippen LogP contribution >= 0.6 is 11.3 Å². The van der Waals surface area contributed by atoms with Crippen LogP contribution in [0.15, 0.2) is 70.0 Å². The number of oxime groups is 1. The second kappa shape index (κ2) is 20.3. The first-order chi connectivity index (χ1) is 26.1. The summed E-state index contributed by atoms with van der Waals surface area (Å²) in [4.78, 5) is 33.8. The molecular weight excluding hydrogens is 745 g/mol. The van der Waals surface area contributed by atoms with Crippen molar-refractivity contribution in [1.29, 1.82) is 0 Å². The lowest BCUT2D eigenvalue weighted by atomic mass is 9.99. The third-order valence-corrected chi connectivity index (χ3v) is 12.0. The van der Waals surface area contributed by atoms with Gasteiger partial charge in [-0.3, -0.25) is 4.79 Å². The molecule has 1 aromatic heterocycles. The lowest BCUT2D eigenvalue weighted by Crippen LogP contribution is -2.60. The molecule has 0 saturated heterocycles. The number of rotatable bonds is 19. The third-order valence-electron chi connectivity index (χ3n) is 9.33. The van der Waals surface area contributed by atoms with E-state index in [2.05, 4.69) is 20.8 Å². The highest BCUT2D eigenvalue weighted by Gasteiger charge is 2.37. The zero-order valence-electron chi connectivity index (χ0n) is 32.6. The zero-order valence-corrected chi connectivity index (χ0v) is 34.2. The maximum absolute atomic E-state index is 14.3. The van der Waals surface area contributed by atoms with Gasteiger partial charge in [-0.05, 0) is 76.1 Å². The molecule has 1 fully saturated rings. The highest BCUT2D eigenvalue weighted by molar-refractivity contribution is 7.89. The number of aliphatic hydroxyl groups excluding tert-OH is 1. The van der Waals surface area contributed by atoms with E-state index >= 15 is 0 Å². The standard InChI is InChI=1S/C39H56N6O8S2/c1-27(53-39(2,3)4)36(43-38(48)44(5)23-31-26-54-35(41-31)25-52-6)37(47)42-33(20-28-12-8-7-9-13-28)34(46)24-45(22-30-14-10-11-15-30)55(50,51)32-18-16-29(17-19-32)21-40-49/h7-9,12-13,16-19,21,26-27,30,33-34,36,46,49H,10-11,14-15,20,22-25H2,1-6H3,(H,42,47)(H,43,48)/b40-21+/t27?,33-,34+,36?/m0/s1. The monoisotopic (exact) mass is 800 g/mol. The van der Waals surface area contributed by atoms with Crippen molar-refractivity contribution in [3.63, 3.8) is 0 Å². The molecule has 2 unspecified atom stereocenters. The van der Waals surface area contributed by atoms with Gasteiger partial charge < -0.3 is 35.3 Å². The summed E-state index contributed by atoms with van der Waals surface area (Å²) in [5.74, 6) is -0.478. The first kappa shape index (κ1) is 43.8. The fourth-order valence-corrected chi connectivity index (χ4v) is 8.93. The van der Waals surface area contributed by atoms with Gasteiger partial charge in [0.2, 0.25) is 15.9 Å². The van der Waals surface area contributed by atoms with Crippen LogP contribution in [0.5, 0.6) is 0 Å². The number of hydrogen-bond donors (Lipinski definition) is 4. The molecule has 1 heterocycles. The van der Waals surface area contributed by atoms with Crippen LogP contribution < -0.4 is 10.6 Å². The highest BCUT2D eigenvalue weighted by Crippen LogP contribution is 2.28. The van der Waals surface area contributed by atoms with E-state index in [0.717, 1.165) is 36.3 Å². The molecule has 1 aliphatic rings. The van der Waals surface area contributed by atoms with Crippen LogP contribution in [-0.4, -0.2) is 108 Å². The van der Waals surface area contributed by atoms with Gasteiger partial charge in [-0.25, -0.2) is 18.2 Å². The van der Waals surface area contributed by atoms with Crippen LogP contribution in [0.3, 0.4) is 0 Å². The highest BCUT2D eigenvalue weighted by atomic mass is 32.2. The van der Waals surface area contributed by atoms with Crippen LogP contribution in [0.2, 0.25) is 0 Å². The number of thiazole rings is 1. The Labute approximate surface area is 329 Å². The van der Waals surface area contributed by atoms with Crippen molar-refractivity contribution in [2.75, 3.05) is 27.2 Å². The number of hydrogen-bond acceptors (Lipinski definition) is 11. The first-order valence-corrected chi connectivity index (χ1v) is 20.8. The second-order valence-corrected chi connectivity index (χ2v) is 17.9. The van der Waals surface area contributed by atoms with Crippen LogP contribution in [-0.2, 0) is 43.9 Å². The van der Waals surface area contributed by atoms with Crippen LogP contribution in [0.25, 0.3) is 0 Å². The minimum atomic E-state index is -4.09. The van der Waals surface area contributed by atoms with E-state index in [1.807, 2.05) is 56.5 Å². The predicted molar refractivity (Wildman–Crippen MR) is 212 cm³/mol. The first-order valence-electron chi connectivity index (χ1n) is 18.5. The average molecular weight is 801 g/mol. The Balaban J connectivity index is 1.61. The molecule has 3 amide bonds. The molecular formula is C39H56N6O8S2. The van der Waals surface area contributed by atoms with Gasteiger partial charge in [0, 0.05) is 32.6 Å². The van der Waals surface area contributed by atoms with Gasteiger partial charge in [-0.15, -0.1) is 11.3 Å². The van der Waals surface area contributed by atoms with Crippen LogP contribution in [0.4, 0.5) is 4.79 Å². The summed E-state index contributed by atoms with van der Waals surface area (Å²) in [7, 11) is -0.907. The molecule has 16 heteroatoms. The number of carbonyl (C=O) groups is 2. The quantitative estimate of drug-likeness (QED) is 0.0754. The summed E-state index contributed by atoms with van der Waals surface area (Å²) >= 11 is 1.43. The summed E-state index contributed by atoms with van der Waals surface area (Å²) in [5, 5.41) is 32.3. The number of nitrogens with one attached hydrogen (secondary N) is 2. The number of methoxy groups -OCH3 is 1. The van der Waals surface area contributed by atoms with Crippen LogP contribution in [0, 0.1) is 5.92 Å². The zero-order chi connectivity index (χ0) is 40.2. The Morgan fingerprint density at radius 3 is 2.38 bits per heavy atom. The predicted octanol–water partition coefficient (Wildman–Crippen LogP) is 4.78. The summed E-state index contributed by atoms with van der Waals surface area (Å²) in [6.07, 6.45) is 2.99. The van der Waals surface area contributed by atoms with Crippen molar-refractivity contribution in [3.05, 3.63) is 81.8 Å². The van der Waals surface area contributed by atoms with E-state index in [-0.39, 0.29) is 36.9 Å². The van der Waals surface area contributed by atoms with Crippen molar-refractivity contribution in [1.82, 2.24) is 24.8 Å². The van der Waals surface area contributed by atoms with E-state index in [4.69, 9.17) is 14.7 Å². The largest absolute Gasteiger partial charge is 0.411 e. The number of ether oxygens (including phenoxy) is 2. The Kier molecular flexibility index (Phi) is 16.2. The van der Waals surface area contributed by atoms with Crippen molar-refractivity contribution in [2.24, 2.45) is 11.1 Å². The lowest BCUT2D eigenvalue weighted by Gasteiger charge is -2.34. The van der Waals surface area contributed by atoms with Gasteiger partial charge in [0.15, 0.2) is 0 Å². The average Bonchev–Trinajstić information content (AvgIpc) is 3.82. The lowest BCUT2D eigenvalue weighted by molar-refractivity contribution is -0.132. The van der Waals surface area contributed by atoms with E-state index in [9.17, 15) is 23.1 Å². The number of amides is 3. The van der Waals surface area contributed by atoms with E-state index < -0.39 is 51.9 Å². The molecule has 0 radical (unpaired) electrons. The molecule has 0 aliphatic heterocycles. The Morgan fingerprint density at radius 2 is 1.76 bits per heavy atom. The number of aromatic nitrogens is 1. The van der Waals surface area contributed by atoms with Crippen LogP contribution in [0.1, 0.15) is 75.2 Å². The maximum Gasteiger partial charge on any atom is 0.318 e. The summed E-state index contributed by atoms with van der Waals surface area (Å²) in [6.45, 7) is 7.71. The molecule has 1 saturated carbocycles. The normalized spacial score (nSPS) is 16.2. The molecule has 302 valence electrons. The van der Waals surface area contributed by atoms with Gasteiger partial charge in [0.05, 0.1) is 53.8 Å². The van der Waals surface area contributed by atoms with Gasteiger partial charge in [0.1, 0.15) is 11.0 Å². The van der Waals surface area contributed by atoms with Crippen molar-refractivity contribution < 1.29 is 37.8 Å². The topological polar surface area (TPSA) is 183 Å². The summed E-state index contributed by atoms with van der Waals surface area (Å²) in [6, 6.07) is 12.6. The fraction of sp³-hybridized carbons (Fsp3) is 0.538. The van der Waals surface area contributed by atoms with Gasteiger partial charge in [0.25, 0.3) is 0 Å². The minimum absolute atomic E-state index is 0.0315. The smallest absolute Gasteiger partial charge is 0.318 e. The number of nitrogens with zero attached hydrogens (tertiary/aromatic N) is 4. The van der Waals surface area contributed by atoms with E-state index in [1.165, 1.54) is 51.0 Å². The van der Waals surface area contributed by atoms with Gasteiger partial charge in [-0.1, -0.05) is 60.5 Å². The molecule has 0 bridgehead atoms. The molecule has 14 nitrogen and oxygen atoms in total. The minimum Gasteiger partial charge on any atom is -0.411 e. The van der Waals surface area contributed by atoms with Gasteiger partial charge in [-0.2, -0.15) is 4.31 Å². The van der Waals surface area contributed by atoms with Crippen molar-refractivity contribution in [2.45, 2.75) is 108 Å². The number of aliphatic hydroxyl groups is 1. The van der Waals surface area contributed by atoms with E-state index in [0.29, 0.717) is 17.9 Å². The summed E-state index contributed by atoms with van der Waals surface area (Å²) < 4.78 is 41.0. The second-order valence-electron chi connectivity index (χ2n) is 15.0. The van der Waals surface area contributed by atoms with Gasteiger partial charge >= 0.3 is 6.03 Å².